The van der Waals surface area contributed by atoms with Crippen molar-refractivity contribution in [2.24, 2.45) is 0 Å². The number of hydrogen-bond donors (Lipinski definition) is 1. The average Bonchev–Trinajstić information content (AvgIpc) is 2.41. The van der Waals surface area contributed by atoms with Gasteiger partial charge in [0.2, 0.25) is 0 Å². The first-order valence-corrected chi connectivity index (χ1v) is 7.07. The Labute approximate surface area is 126 Å². The SMILES string of the molecule is Cc1cccc(O[C@H](C)C(=O)Nc2ccc(C)cc2C)c1. The Morgan fingerprint density at radius 2 is 1.76 bits per heavy atom. The first-order valence-electron chi connectivity index (χ1n) is 7.07. The molecular weight excluding hydrogens is 262 g/mol. The molecule has 0 radical (unpaired) electrons. The summed E-state index contributed by atoms with van der Waals surface area (Å²) in [7, 11) is 0. The second kappa shape index (κ2) is 6.44. The Bertz CT molecular complexity index is 649. The van der Waals surface area contributed by atoms with Crippen LogP contribution in [-0.4, -0.2) is 12.0 Å². The number of nitrogens with one attached hydrogen (secondary N) is 1. The molecule has 0 fully saturated rings. The minimum Gasteiger partial charge on any atom is -0.481 e. The number of carbonyl (C=O) groups excluding carboxylic acids is 1. The van der Waals surface area contributed by atoms with Crippen molar-refractivity contribution < 1.29 is 9.53 Å². The molecule has 0 saturated heterocycles. The van der Waals surface area contributed by atoms with Crippen LogP contribution in [0.2, 0.25) is 0 Å². The van der Waals surface area contributed by atoms with Crippen LogP contribution in [0, 0.1) is 20.8 Å². The van der Waals surface area contributed by atoms with Gasteiger partial charge in [-0.05, 0) is 57.0 Å². The van der Waals surface area contributed by atoms with E-state index in [9.17, 15) is 4.79 Å². The van der Waals surface area contributed by atoms with Gasteiger partial charge in [0.1, 0.15) is 5.75 Å². The van der Waals surface area contributed by atoms with E-state index in [0.717, 1.165) is 16.8 Å². The summed E-state index contributed by atoms with van der Waals surface area (Å²) < 4.78 is 5.68. The average molecular weight is 283 g/mol. The van der Waals surface area contributed by atoms with Gasteiger partial charge < -0.3 is 10.1 Å². The summed E-state index contributed by atoms with van der Waals surface area (Å²) in [4.78, 5) is 12.2. The van der Waals surface area contributed by atoms with E-state index in [1.54, 1.807) is 6.92 Å². The standard InChI is InChI=1S/C18H21NO2/c1-12-6-5-7-16(11-12)21-15(4)18(20)19-17-9-8-13(2)10-14(17)3/h5-11,15H,1-4H3,(H,19,20)/t15-/m1/s1. The lowest BCUT2D eigenvalue weighted by molar-refractivity contribution is -0.122. The van der Waals surface area contributed by atoms with Crippen molar-refractivity contribution in [3.63, 3.8) is 0 Å². The summed E-state index contributed by atoms with van der Waals surface area (Å²) in [6.07, 6.45) is -0.549. The quantitative estimate of drug-likeness (QED) is 0.920. The largest absolute Gasteiger partial charge is 0.481 e. The van der Waals surface area contributed by atoms with E-state index in [4.69, 9.17) is 4.74 Å². The van der Waals surface area contributed by atoms with Crippen LogP contribution >= 0.6 is 0 Å². The fourth-order valence-corrected chi connectivity index (χ4v) is 2.13. The fourth-order valence-electron chi connectivity index (χ4n) is 2.13. The second-order valence-electron chi connectivity index (χ2n) is 5.38. The van der Waals surface area contributed by atoms with Crippen LogP contribution in [0.4, 0.5) is 5.69 Å². The van der Waals surface area contributed by atoms with Crippen LogP contribution in [0.25, 0.3) is 0 Å². The monoisotopic (exact) mass is 283 g/mol. The van der Waals surface area contributed by atoms with E-state index in [1.165, 1.54) is 5.56 Å². The van der Waals surface area contributed by atoms with Crippen molar-refractivity contribution in [2.75, 3.05) is 5.32 Å². The van der Waals surface area contributed by atoms with Crippen LogP contribution in [0.5, 0.6) is 5.75 Å². The maximum atomic E-state index is 12.2. The van der Waals surface area contributed by atoms with Crippen LogP contribution in [-0.2, 0) is 4.79 Å². The summed E-state index contributed by atoms with van der Waals surface area (Å²) in [6.45, 7) is 7.76. The molecule has 0 unspecified atom stereocenters. The van der Waals surface area contributed by atoms with Crippen molar-refractivity contribution in [1.29, 1.82) is 0 Å². The number of hydrogen-bond acceptors (Lipinski definition) is 2. The molecule has 0 spiro atoms. The summed E-state index contributed by atoms with van der Waals surface area (Å²) >= 11 is 0. The van der Waals surface area contributed by atoms with Crippen molar-refractivity contribution in [1.82, 2.24) is 0 Å². The molecule has 0 aliphatic rings. The fraction of sp³-hybridized carbons (Fsp3) is 0.278. The lowest BCUT2D eigenvalue weighted by Gasteiger charge is -2.16. The number of rotatable bonds is 4. The summed E-state index contributed by atoms with van der Waals surface area (Å²) in [6, 6.07) is 13.6. The third-order valence-corrected chi connectivity index (χ3v) is 3.31. The van der Waals surface area contributed by atoms with Gasteiger partial charge in [-0.1, -0.05) is 29.8 Å². The number of ether oxygens (including phenoxy) is 1. The van der Waals surface area contributed by atoms with E-state index in [-0.39, 0.29) is 5.91 Å². The lowest BCUT2D eigenvalue weighted by Crippen LogP contribution is -2.30. The Hall–Kier alpha value is -2.29. The van der Waals surface area contributed by atoms with Gasteiger partial charge in [-0.2, -0.15) is 0 Å². The molecule has 110 valence electrons. The topological polar surface area (TPSA) is 38.3 Å². The molecule has 2 rings (SSSR count). The molecule has 2 aromatic carbocycles. The van der Waals surface area contributed by atoms with E-state index < -0.39 is 6.10 Å². The van der Waals surface area contributed by atoms with Crippen molar-refractivity contribution in [3.05, 3.63) is 59.2 Å². The smallest absolute Gasteiger partial charge is 0.265 e. The number of carbonyl (C=O) groups is 1. The molecule has 1 amide bonds. The third kappa shape index (κ3) is 4.09. The van der Waals surface area contributed by atoms with Gasteiger partial charge in [0, 0.05) is 5.69 Å². The zero-order chi connectivity index (χ0) is 15.4. The minimum atomic E-state index is -0.549. The van der Waals surface area contributed by atoms with E-state index in [1.807, 2.05) is 63.2 Å². The normalized spacial score (nSPS) is 11.8. The highest BCUT2D eigenvalue weighted by Gasteiger charge is 2.15. The Kier molecular flexibility index (Phi) is 4.63. The molecule has 1 atom stereocenters. The van der Waals surface area contributed by atoms with Gasteiger partial charge in [0.25, 0.3) is 5.91 Å². The van der Waals surface area contributed by atoms with Gasteiger partial charge in [-0.25, -0.2) is 0 Å². The van der Waals surface area contributed by atoms with E-state index >= 15 is 0 Å². The summed E-state index contributed by atoms with van der Waals surface area (Å²) in [5.74, 6) is 0.557. The molecule has 3 heteroatoms. The highest BCUT2D eigenvalue weighted by atomic mass is 16.5. The molecule has 0 saturated carbocycles. The van der Waals surface area contributed by atoms with Gasteiger partial charge in [-0.15, -0.1) is 0 Å². The van der Waals surface area contributed by atoms with Crippen LogP contribution in [0.3, 0.4) is 0 Å². The Balaban J connectivity index is 2.02. The molecule has 21 heavy (non-hydrogen) atoms. The third-order valence-electron chi connectivity index (χ3n) is 3.31. The highest BCUT2D eigenvalue weighted by molar-refractivity contribution is 5.94. The Morgan fingerprint density at radius 1 is 1.05 bits per heavy atom. The van der Waals surface area contributed by atoms with Gasteiger partial charge in [0.15, 0.2) is 6.10 Å². The van der Waals surface area contributed by atoms with E-state index in [2.05, 4.69) is 5.32 Å². The molecule has 0 aliphatic carbocycles. The molecule has 0 heterocycles. The molecule has 2 aromatic rings. The van der Waals surface area contributed by atoms with Gasteiger partial charge >= 0.3 is 0 Å². The lowest BCUT2D eigenvalue weighted by atomic mass is 10.1. The summed E-state index contributed by atoms with van der Waals surface area (Å²) in [5, 5.41) is 2.91. The number of amides is 1. The predicted octanol–water partition coefficient (Wildman–Crippen LogP) is 4.02. The van der Waals surface area contributed by atoms with Crippen LogP contribution < -0.4 is 10.1 Å². The van der Waals surface area contributed by atoms with Crippen LogP contribution in [0.15, 0.2) is 42.5 Å². The number of benzene rings is 2. The molecule has 0 bridgehead atoms. The van der Waals surface area contributed by atoms with Gasteiger partial charge in [-0.3, -0.25) is 4.79 Å². The van der Waals surface area contributed by atoms with Crippen molar-refractivity contribution in [2.45, 2.75) is 33.8 Å². The zero-order valence-corrected chi connectivity index (χ0v) is 12.9. The maximum Gasteiger partial charge on any atom is 0.265 e. The summed E-state index contributed by atoms with van der Waals surface area (Å²) in [5.41, 5.74) is 4.15. The minimum absolute atomic E-state index is 0.150. The molecular formula is C18H21NO2. The molecule has 3 nitrogen and oxygen atoms in total. The molecule has 0 aromatic heterocycles. The predicted molar refractivity (Wildman–Crippen MR) is 85.8 cm³/mol. The number of aryl methyl sites for hydroxylation is 3. The first kappa shape index (κ1) is 15.1. The highest BCUT2D eigenvalue weighted by Crippen LogP contribution is 2.18. The maximum absolute atomic E-state index is 12.2. The zero-order valence-electron chi connectivity index (χ0n) is 12.9. The molecule has 0 aliphatic heterocycles. The van der Waals surface area contributed by atoms with Crippen molar-refractivity contribution in [3.8, 4) is 5.75 Å². The number of anilines is 1. The van der Waals surface area contributed by atoms with Crippen molar-refractivity contribution >= 4 is 11.6 Å². The second-order valence-corrected chi connectivity index (χ2v) is 5.38. The molecule has 1 N–H and O–H groups in total. The van der Waals surface area contributed by atoms with Crippen LogP contribution in [0.1, 0.15) is 23.6 Å². The van der Waals surface area contributed by atoms with E-state index in [0.29, 0.717) is 5.75 Å². The Morgan fingerprint density at radius 3 is 2.43 bits per heavy atom. The first-order chi connectivity index (χ1) is 9.95. The van der Waals surface area contributed by atoms with Gasteiger partial charge in [0.05, 0.1) is 0 Å².